The second kappa shape index (κ2) is 3.96. The summed E-state index contributed by atoms with van der Waals surface area (Å²) in [5.74, 6) is 0.900. The molecule has 3 rings (SSSR count). The van der Waals surface area contributed by atoms with Crippen LogP contribution < -0.4 is 5.48 Å². The monoisotopic (exact) mass is 237 g/mol. The summed E-state index contributed by atoms with van der Waals surface area (Å²) in [5, 5.41) is 0. The fourth-order valence-corrected chi connectivity index (χ4v) is 4.77. The first-order valence-corrected chi connectivity index (χ1v) is 7.43. The SMILES string of the molecule is CC12CCC(C1)C(C)(C)C2NOC1CCCC1. The predicted octanol–water partition coefficient (Wildman–Crippen LogP) is 3.67. The number of nitrogens with one attached hydrogen (secondary N) is 1. The summed E-state index contributed by atoms with van der Waals surface area (Å²) in [6.45, 7) is 7.31. The van der Waals surface area contributed by atoms with Crippen molar-refractivity contribution in [3.8, 4) is 0 Å². The minimum Gasteiger partial charge on any atom is -0.298 e. The first-order chi connectivity index (χ1) is 8.02. The Balaban J connectivity index is 1.65. The van der Waals surface area contributed by atoms with Gasteiger partial charge in [-0.15, -0.1) is 0 Å². The van der Waals surface area contributed by atoms with Crippen LogP contribution in [0, 0.1) is 16.7 Å². The molecule has 3 atom stereocenters. The highest BCUT2D eigenvalue weighted by molar-refractivity contribution is 5.11. The van der Waals surface area contributed by atoms with Gasteiger partial charge in [0.1, 0.15) is 0 Å². The van der Waals surface area contributed by atoms with Crippen molar-refractivity contribution < 1.29 is 4.84 Å². The van der Waals surface area contributed by atoms with Crippen molar-refractivity contribution in [1.29, 1.82) is 0 Å². The van der Waals surface area contributed by atoms with E-state index in [1.54, 1.807) is 0 Å². The summed E-state index contributed by atoms with van der Waals surface area (Å²) in [4.78, 5) is 5.99. The Hall–Kier alpha value is -0.0800. The van der Waals surface area contributed by atoms with Gasteiger partial charge in [0.15, 0.2) is 0 Å². The predicted molar refractivity (Wildman–Crippen MR) is 69.5 cm³/mol. The molecule has 3 aliphatic carbocycles. The fourth-order valence-electron chi connectivity index (χ4n) is 4.77. The van der Waals surface area contributed by atoms with Gasteiger partial charge in [-0.3, -0.25) is 4.84 Å². The molecule has 17 heavy (non-hydrogen) atoms. The summed E-state index contributed by atoms with van der Waals surface area (Å²) >= 11 is 0. The average molecular weight is 237 g/mol. The third-order valence-electron chi connectivity index (χ3n) is 5.92. The van der Waals surface area contributed by atoms with Gasteiger partial charge < -0.3 is 0 Å². The van der Waals surface area contributed by atoms with Crippen LogP contribution in [0.25, 0.3) is 0 Å². The van der Waals surface area contributed by atoms with E-state index >= 15 is 0 Å². The molecule has 0 saturated heterocycles. The second-order valence-electron chi connectivity index (χ2n) is 7.49. The molecule has 0 amide bonds. The van der Waals surface area contributed by atoms with E-state index in [9.17, 15) is 0 Å². The first-order valence-electron chi connectivity index (χ1n) is 7.43. The zero-order chi connectivity index (χ0) is 12.1. The maximum atomic E-state index is 5.99. The maximum absolute atomic E-state index is 5.99. The highest BCUT2D eigenvalue weighted by Crippen LogP contribution is 2.62. The van der Waals surface area contributed by atoms with E-state index in [1.807, 2.05) is 0 Å². The van der Waals surface area contributed by atoms with Crippen LogP contribution >= 0.6 is 0 Å². The molecule has 3 fully saturated rings. The number of fused-ring (bicyclic) bond motifs is 2. The molecule has 3 aliphatic rings. The second-order valence-corrected chi connectivity index (χ2v) is 7.49. The van der Waals surface area contributed by atoms with Gasteiger partial charge in [-0.25, -0.2) is 0 Å². The Bertz CT molecular complexity index is 291. The van der Waals surface area contributed by atoms with Gasteiger partial charge in [0.05, 0.1) is 6.10 Å². The Morgan fingerprint density at radius 1 is 1.06 bits per heavy atom. The molecule has 0 aliphatic heterocycles. The van der Waals surface area contributed by atoms with Crippen molar-refractivity contribution in [3.63, 3.8) is 0 Å². The molecule has 3 unspecified atom stereocenters. The molecule has 2 nitrogen and oxygen atoms in total. The number of hydroxylamine groups is 1. The summed E-state index contributed by atoms with van der Waals surface area (Å²) in [6.07, 6.45) is 9.87. The van der Waals surface area contributed by atoms with Crippen LogP contribution in [0.5, 0.6) is 0 Å². The van der Waals surface area contributed by atoms with Gasteiger partial charge in [-0.2, -0.15) is 5.48 Å². The lowest BCUT2D eigenvalue weighted by Crippen LogP contribution is -2.51. The molecular weight excluding hydrogens is 210 g/mol. The normalized spacial score (nSPS) is 44.6. The number of rotatable bonds is 3. The Morgan fingerprint density at radius 3 is 2.35 bits per heavy atom. The average Bonchev–Trinajstić information content (AvgIpc) is 2.90. The van der Waals surface area contributed by atoms with E-state index in [0.717, 1.165) is 5.92 Å². The van der Waals surface area contributed by atoms with Gasteiger partial charge in [0.25, 0.3) is 0 Å². The smallest absolute Gasteiger partial charge is 0.0790 e. The van der Waals surface area contributed by atoms with Crippen molar-refractivity contribution in [1.82, 2.24) is 5.48 Å². The van der Waals surface area contributed by atoms with Gasteiger partial charge in [-0.1, -0.05) is 33.6 Å². The molecule has 0 heterocycles. The zero-order valence-corrected chi connectivity index (χ0v) is 11.6. The van der Waals surface area contributed by atoms with E-state index in [4.69, 9.17) is 4.84 Å². The molecule has 98 valence electrons. The Labute approximate surface area is 105 Å². The molecular formula is C15H27NO. The molecule has 3 saturated carbocycles. The van der Waals surface area contributed by atoms with E-state index in [2.05, 4.69) is 26.3 Å². The van der Waals surface area contributed by atoms with Gasteiger partial charge in [0, 0.05) is 6.04 Å². The first kappa shape index (κ1) is 12.0. The van der Waals surface area contributed by atoms with Crippen LogP contribution in [0.1, 0.15) is 65.7 Å². The molecule has 0 radical (unpaired) electrons. The molecule has 0 aromatic carbocycles. The quantitative estimate of drug-likeness (QED) is 0.756. The highest BCUT2D eigenvalue weighted by Gasteiger charge is 2.59. The summed E-state index contributed by atoms with van der Waals surface area (Å²) in [7, 11) is 0. The van der Waals surface area contributed by atoms with Crippen molar-refractivity contribution in [2.75, 3.05) is 0 Å². The van der Waals surface area contributed by atoms with Crippen molar-refractivity contribution in [3.05, 3.63) is 0 Å². The largest absolute Gasteiger partial charge is 0.298 e. The van der Waals surface area contributed by atoms with Crippen LogP contribution in [0.15, 0.2) is 0 Å². The summed E-state index contributed by atoms with van der Waals surface area (Å²) in [6, 6.07) is 0.550. The van der Waals surface area contributed by atoms with Crippen molar-refractivity contribution >= 4 is 0 Å². The van der Waals surface area contributed by atoms with Crippen LogP contribution in [0.3, 0.4) is 0 Å². The molecule has 0 aromatic heterocycles. The fraction of sp³-hybridized carbons (Fsp3) is 1.00. The third-order valence-corrected chi connectivity index (χ3v) is 5.92. The van der Waals surface area contributed by atoms with E-state index in [0.29, 0.717) is 23.0 Å². The number of hydrogen-bond acceptors (Lipinski definition) is 2. The molecule has 2 bridgehead atoms. The third kappa shape index (κ3) is 1.84. The van der Waals surface area contributed by atoms with Crippen molar-refractivity contribution in [2.45, 2.75) is 77.9 Å². The van der Waals surface area contributed by atoms with Gasteiger partial charge >= 0.3 is 0 Å². The van der Waals surface area contributed by atoms with Crippen LogP contribution in [-0.2, 0) is 4.84 Å². The van der Waals surface area contributed by atoms with E-state index in [1.165, 1.54) is 44.9 Å². The molecule has 0 spiro atoms. The highest BCUT2D eigenvalue weighted by atomic mass is 16.7. The standard InChI is InChI=1S/C15H27NO/c1-14(2)11-8-9-15(3,10-11)13(14)16-17-12-6-4-5-7-12/h11-13,16H,4-10H2,1-3H3. The van der Waals surface area contributed by atoms with Crippen LogP contribution in [-0.4, -0.2) is 12.1 Å². The van der Waals surface area contributed by atoms with E-state index in [-0.39, 0.29) is 0 Å². The van der Waals surface area contributed by atoms with Crippen molar-refractivity contribution in [2.24, 2.45) is 16.7 Å². The Kier molecular flexibility index (Phi) is 2.79. The minimum atomic E-state index is 0.408. The van der Waals surface area contributed by atoms with E-state index < -0.39 is 0 Å². The lowest BCUT2D eigenvalue weighted by molar-refractivity contribution is -0.0884. The lowest BCUT2D eigenvalue weighted by Gasteiger charge is -2.43. The van der Waals surface area contributed by atoms with Gasteiger partial charge in [-0.05, 0) is 48.9 Å². The number of hydrogen-bond donors (Lipinski definition) is 1. The molecule has 1 N–H and O–H groups in total. The molecule has 0 aromatic rings. The summed E-state index contributed by atoms with van der Waals surface area (Å²) in [5.41, 5.74) is 4.37. The topological polar surface area (TPSA) is 21.3 Å². The van der Waals surface area contributed by atoms with Crippen LogP contribution in [0.2, 0.25) is 0 Å². The Morgan fingerprint density at radius 2 is 1.76 bits per heavy atom. The van der Waals surface area contributed by atoms with Crippen LogP contribution in [0.4, 0.5) is 0 Å². The summed E-state index contributed by atoms with van der Waals surface area (Å²) < 4.78 is 0. The zero-order valence-electron chi connectivity index (χ0n) is 11.6. The maximum Gasteiger partial charge on any atom is 0.0790 e. The lowest BCUT2D eigenvalue weighted by atomic mass is 9.69. The minimum absolute atomic E-state index is 0.408. The molecule has 2 heteroatoms. The van der Waals surface area contributed by atoms with Gasteiger partial charge in [0.2, 0.25) is 0 Å².